The molecule has 33 heavy (non-hydrogen) atoms. The van der Waals surface area contributed by atoms with Gasteiger partial charge in [0.25, 0.3) is 0 Å². The number of aliphatic hydroxyl groups is 1. The summed E-state index contributed by atoms with van der Waals surface area (Å²) in [5.74, 6) is 2.04. The van der Waals surface area contributed by atoms with E-state index >= 15 is 0 Å². The van der Waals surface area contributed by atoms with Gasteiger partial charge in [0, 0.05) is 26.3 Å². The Balaban J connectivity index is 1.66. The molecule has 0 aliphatic carbocycles. The quantitative estimate of drug-likeness (QED) is 0.383. The van der Waals surface area contributed by atoms with Crippen LogP contribution in [-0.2, 0) is 17.6 Å². The van der Waals surface area contributed by atoms with Gasteiger partial charge in [0.05, 0.1) is 38.5 Å². The lowest BCUT2D eigenvalue weighted by Gasteiger charge is -2.24. The predicted octanol–water partition coefficient (Wildman–Crippen LogP) is 3.00. The molecular formula is C25H33N3O5. The molecule has 0 bridgehead atoms. The third-order valence-electron chi connectivity index (χ3n) is 5.24. The van der Waals surface area contributed by atoms with Crippen molar-refractivity contribution in [3.05, 3.63) is 66.2 Å². The summed E-state index contributed by atoms with van der Waals surface area (Å²) in [6.07, 6.45) is 3.89. The van der Waals surface area contributed by atoms with E-state index in [0.717, 1.165) is 29.8 Å². The molecule has 2 atom stereocenters. The molecule has 0 radical (unpaired) electrons. The average molecular weight is 456 g/mol. The van der Waals surface area contributed by atoms with Crippen molar-refractivity contribution in [1.29, 1.82) is 0 Å². The molecule has 0 spiro atoms. The zero-order chi connectivity index (χ0) is 23.6. The molecule has 2 aromatic carbocycles. The van der Waals surface area contributed by atoms with Crippen molar-refractivity contribution < 1.29 is 24.1 Å². The number of rotatable bonds is 13. The van der Waals surface area contributed by atoms with Gasteiger partial charge in [-0.3, -0.25) is 5.32 Å². The fourth-order valence-electron chi connectivity index (χ4n) is 3.44. The maximum Gasteiger partial charge on any atom is 0.176 e. The number of benzene rings is 2. The number of nitrogens with zero attached hydrogens (tertiary/aromatic N) is 2. The number of hydrogen-bond donors (Lipinski definition) is 2. The second-order valence-electron chi connectivity index (χ2n) is 7.66. The largest absolute Gasteiger partial charge is 0.493 e. The van der Waals surface area contributed by atoms with Crippen LogP contribution >= 0.6 is 0 Å². The van der Waals surface area contributed by atoms with E-state index in [4.69, 9.17) is 18.9 Å². The summed E-state index contributed by atoms with van der Waals surface area (Å²) in [7, 11) is 4.91. The Morgan fingerprint density at radius 3 is 2.52 bits per heavy atom. The maximum absolute atomic E-state index is 10.3. The molecule has 1 aromatic heterocycles. The Morgan fingerprint density at radius 1 is 1.00 bits per heavy atom. The first-order chi connectivity index (χ1) is 16.0. The van der Waals surface area contributed by atoms with Gasteiger partial charge in [0.2, 0.25) is 0 Å². The lowest BCUT2D eigenvalue weighted by Crippen LogP contribution is -2.44. The van der Waals surface area contributed by atoms with Gasteiger partial charge in [-0.1, -0.05) is 18.2 Å². The van der Waals surface area contributed by atoms with E-state index in [1.807, 2.05) is 53.2 Å². The summed E-state index contributed by atoms with van der Waals surface area (Å²) in [5.41, 5.74) is 2.87. The molecule has 1 heterocycles. The fourth-order valence-corrected chi connectivity index (χ4v) is 3.44. The van der Waals surface area contributed by atoms with Gasteiger partial charge in [-0.2, -0.15) is 0 Å². The average Bonchev–Trinajstić information content (AvgIpc) is 3.31. The summed E-state index contributed by atoms with van der Waals surface area (Å²) in [6.45, 7) is 2.93. The second-order valence-corrected chi connectivity index (χ2v) is 7.66. The second kappa shape index (κ2) is 12.2. The number of nitrogens with one attached hydrogen (secondary N) is 1. The van der Waals surface area contributed by atoms with Crippen LogP contribution in [0.15, 0.2) is 55.0 Å². The molecule has 0 aliphatic rings. The van der Waals surface area contributed by atoms with Gasteiger partial charge < -0.3 is 28.6 Å². The summed E-state index contributed by atoms with van der Waals surface area (Å²) < 4.78 is 23.9. The third kappa shape index (κ3) is 6.71. The number of imidazole rings is 1. The van der Waals surface area contributed by atoms with E-state index in [9.17, 15) is 5.11 Å². The van der Waals surface area contributed by atoms with Gasteiger partial charge in [0.1, 0.15) is 11.9 Å². The summed E-state index contributed by atoms with van der Waals surface area (Å²) in [6, 6.07) is 13.5. The van der Waals surface area contributed by atoms with Crippen LogP contribution in [-0.4, -0.2) is 61.5 Å². The minimum atomic E-state index is -0.719. The van der Waals surface area contributed by atoms with Crippen molar-refractivity contribution in [2.45, 2.75) is 32.1 Å². The van der Waals surface area contributed by atoms with Crippen molar-refractivity contribution in [3.8, 4) is 22.9 Å². The number of methoxy groups -OCH3 is 3. The zero-order valence-corrected chi connectivity index (χ0v) is 19.7. The molecule has 0 fully saturated rings. The van der Waals surface area contributed by atoms with Gasteiger partial charge in [0.15, 0.2) is 17.7 Å². The first-order valence-corrected chi connectivity index (χ1v) is 11.0. The Morgan fingerprint density at radius 2 is 1.79 bits per heavy atom. The van der Waals surface area contributed by atoms with Crippen LogP contribution < -0.4 is 19.5 Å². The van der Waals surface area contributed by atoms with E-state index in [2.05, 4.69) is 10.3 Å². The first-order valence-electron chi connectivity index (χ1n) is 11.0. The highest BCUT2D eigenvalue weighted by Crippen LogP contribution is 2.28. The Hall–Kier alpha value is -3.07. The smallest absolute Gasteiger partial charge is 0.176 e. The first kappa shape index (κ1) is 24.6. The van der Waals surface area contributed by atoms with Crippen LogP contribution in [0.2, 0.25) is 0 Å². The lowest BCUT2D eigenvalue weighted by molar-refractivity contribution is 0.0274. The van der Waals surface area contributed by atoms with Crippen LogP contribution in [0.1, 0.15) is 18.2 Å². The molecule has 0 saturated carbocycles. The van der Waals surface area contributed by atoms with Gasteiger partial charge >= 0.3 is 0 Å². The molecule has 3 rings (SSSR count). The van der Waals surface area contributed by atoms with Crippen LogP contribution in [0.25, 0.3) is 5.69 Å². The number of para-hydroxylation sites is 2. The lowest BCUT2D eigenvalue weighted by atomic mass is 10.1. The van der Waals surface area contributed by atoms with E-state index in [1.54, 1.807) is 34.6 Å². The van der Waals surface area contributed by atoms with Crippen molar-refractivity contribution in [3.63, 3.8) is 0 Å². The monoisotopic (exact) mass is 455 g/mol. The molecule has 178 valence electrons. The Labute approximate surface area is 195 Å². The molecule has 0 aliphatic heterocycles. The summed E-state index contributed by atoms with van der Waals surface area (Å²) >= 11 is 0. The van der Waals surface area contributed by atoms with Gasteiger partial charge in [-0.05, 0) is 43.2 Å². The molecule has 8 nitrogen and oxygen atoms in total. The van der Waals surface area contributed by atoms with E-state index < -0.39 is 12.3 Å². The van der Waals surface area contributed by atoms with E-state index in [0.29, 0.717) is 30.4 Å². The zero-order valence-electron chi connectivity index (χ0n) is 19.7. The number of aromatic nitrogens is 2. The van der Waals surface area contributed by atoms with Crippen molar-refractivity contribution in [1.82, 2.24) is 14.9 Å². The molecule has 0 unspecified atom stereocenters. The molecule has 0 saturated heterocycles. The molecule has 2 N–H and O–H groups in total. The Kier molecular flexibility index (Phi) is 9.12. The molecule has 0 amide bonds. The van der Waals surface area contributed by atoms with E-state index in [1.165, 1.54) is 0 Å². The van der Waals surface area contributed by atoms with E-state index in [-0.39, 0.29) is 0 Å². The summed E-state index contributed by atoms with van der Waals surface area (Å²) in [5, 5.41) is 13.6. The van der Waals surface area contributed by atoms with Crippen LogP contribution in [0.3, 0.4) is 0 Å². The fraction of sp³-hybridized carbons (Fsp3) is 0.400. The topological polar surface area (TPSA) is 87.0 Å². The Bertz CT molecular complexity index is 1010. The number of hydrogen-bond acceptors (Lipinski definition) is 7. The molecule has 8 heteroatoms. The van der Waals surface area contributed by atoms with Crippen molar-refractivity contribution in [2.75, 3.05) is 34.5 Å². The minimum absolute atomic E-state index is 0.581. The highest BCUT2D eigenvalue weighted by Gasteiger charge is 2.18. The van der Waals surface area contributed by atoms with Crippen LogP contribution in [0.5, 0.6) is 17.2 Å². The van der Waals surface area contributed by atoms with Crippen molar-refractivity contribution in [2.24, 2.45) is 0 Å². The summed E-state index contributed by atoms with van der Waals surface area (Å²) in [4.78, 5) is 4.44. The maximum atomic E-state index is 10.3. The predicted molar refractivity (Wildman–Crippen MR) is 126 cm³/mol. The molecular weight excluding hydrogens is 422 g/mol. The minimum Gasteiger partial charge on any atom is -0.493 e. The van der Waals surface area contributed by atoms with Gasteiger partial charge in [-0.25, -0.2) is 4.98 Å². The standard InChI is InChI=1S/C25H33N3O5/c1-18(29)25(26-13-11-19-9-10-23(31-3)24(15-19)32-4)33-22-8-6-5-7-21(22)28-16-20(27-17-28)12-14-30-2/h5-10,15-18,25-26,29H,11-14H2,1-4H3/t18-,25-/m0/s1. The van der Waals surface area contributed by atoms with Crippen LogP contribution in [0, 0.1) is 0 Å². The highest BCUT2D eigenvalue weighted by molar-refractivity contribution is 5.47. The third-order valence-corrected chi connectivity index (χ3v) is 5.24. The number of aliphatic hydroxyl groups excluding tert-OH is 1. The SMILES string of the molecule is COCCc1cn(-c2ccccc2O[C@H](NCCc2ccc(OC)c(OC)c2)[C@H](C)O)cn1. The number of ether oxygens (including phenoxy) is 4. The normalized spacial score (nSPS) is 12.9. The van der Waals surface area contributed by atoms with Gasteiger partial charge in [-0.15, -0.1) is 0 Å². The molecule has 3 aromatic rings. The van der Waals surface area contributed by atoms with Crippen molar-refractivity contribution >= 4 is 0 Å². The van der Waals surface area contributed by atoms with Crippen LogP contribution in [0.4, 0.5) is 0 Å². The highest BCUT2D eigenvalue weighted by atomic mass is 16.5.